The van der Waals surface area contributed by atoms with Gasteiger partial charge in [0.1, 0.15) is 5.56 Å². The molecule has 0 radical (unpaired) electrons. The van der Waals surface area contributed by atoms with Gasteiger partial charge in [-0.15, -0.1) is 0 Å². The smallest absolute Gasteiger partial charge is 0.258 e. The number of hydrogen-bond acceptors (Lipinski definition) is 2. The van der Waals surface area contributed by atoms with Crippen LogP contribution in [0.5, 0.6) is 0 Å². The number of Topliss-reactive ketones (excluding diaryl/α,β-unsaturated/α-hetero) is 1. The van der Waals surface area contributed by atoms with E-state index in [2.05, 4.69) is 0 Å². The van der Waals surface area contributed by atoms with Crippen LogP contribution in [0.3, 0.4) is 0 Å². The highest BCUT2D eigenvalue weighted by Crippen LogP contribution is 2.22. The molecule has 0 heterocycles. The van der Waals surface area contributed by atoms with E-state index in [0.29, 0.717) is 0 Å². The first-order valence-corrected chi connectivity index (χ1v) is 5.57. The third-order valence-electron chi connectivity index (χ3n) is 2.62. The largest absolute Gasteiger partial charge is 0.342 e. The minimum atomic E-state index is -2.35. The molecule has 0 aliphatic heterocycles. The third-order valence-corrected chi connectivity index (χ3v) is 2.62. The number of benzene rings is 1. The number of carbonyl (C=O) groups is 2. The molecule has 0 spiro atoms. The van der Waals surface area contributed by atoms with E-state index in [-0.39, 0.29) is 6.42 Å². The van der Waals surface area contributed by atoms with Crippen molar-refractivity contribution in [3.05, 3.63) is 34.6 Å². The van der Waals surface area contributed by atoms with Gasteiger partial charge in [0.15, 0.2) is 29.1 Å². The summed E-state index contributed by atoms with van der Waals surface area (Å²) in [6.07, 6.45) is 0.0402. The Hall–Kier alpha value is -1.99. The number of nitrogens with one attached hydrogen (secondary N) is 1. The van der Waals surface area contributed by atoms with Crippen LogP contribution in [0.4, 0.5) is 22.0 Å². The molecule has 20 heavy (non-hydrogen) atoms. The summed E-state index contributed by atoms with van der Waals surface area (Å²) in [4.78, 5) is 22.8. The number of rotatable bonds is 4. The summed E-state index contributed by atoms with van der Waals surface area (Å²) in [5.41, 5.74) is -1.61. The molecule has 0 fully saturated rings. The van der Waals surface area contributed by atoms with E-state index in [0.717, 1.165) is 0 Å². The lowest BCUT2D eigenvalue weighted by atomic mass is 10.1. The highest BCUT2D eigenvalue weighted by molar-refractivity contribution is 5.98. The lowest BCUT2D eigenvalue weighted by Gasteiger charge is -2.13. The van der Waals surface area contributed by atoms with E-state index in [1.807, 2.05) is 5.32 Å². The van der Waals surface area contributed by atoms with E-state index >= 15 is 0 Å². The minimum Gasteiger partial charge on any atom is -0.342 e. The van der Waals surface area contributed by atoms with Gasteiger partial charge in [0.2, 0.25) is 5.82 Å². The monoisotopic (exact) mass is 295 g/mol. The summed E-state index contributed by atoms with van der Waals surface area (Å²) in [7, 11) is 0. The first-order valence-electron chi connectivity index (χ1n) is 5.57. The summed E-state index contributed by atoms with van der Waals surface area (Å²) in [6, 6.07) is -1.11. The highest BCUT2D eigenvalue weighted by atomic mass is 19.2. The van der Waals surface area contributed by atoms with Gasteiger partial charge in [0.25, 0.3) is 5.91 Å². The van der Waals surface area contributed by atoms with Crippen molar-refractivity contribution in [2.24, 2.45) is 0 Å². The number of ketones is 1. The van der Waals surface area contributed by atoms with E-state index in [4.69, 9.17) is 0 Å². The van der Waals surface area contributed by atoms with E-state index in [9.17, 15) is 31.5 Å². The van der Waals surface area contributed by atoms with Gasteiger partial charge in [0, 0.05) is 6.42 Å². The van der Waals surface area contributed by atoms with Crippen LogP contribution in [-0.2, 0) is 4.79 Å². The molecule has 1 aromatic carbocycles. The molecule has 1 atom stereocenters. The Bertz CT molecular complexity index is 544. The Morgan fingerprint density at radius 3 is 1.75 bits per heavy atom. The molecule has 0 saturated heterocycles. The molecule has 0 aromatic heterocycles. The predicted octanol–water partition coefficient (Wildman–Crippen LogP) is 2.48. The van der Waals surface area contributed by atoms with Gasteiger partial charge in [-0.2, -0.15) is 0 Å². The van der Waals surface area contributed by atoms with Crippen molar-refractivity contribution < 1.29 is 31.5 Å². The van der Waals surface area contributed by atoms with Gasteiger partial charge < -0.3 is 5.32 Å². The summed E-state index contributed by atoms with van der Waals surface area (Å²) in [5.74, 6) is -13.3. The third kappa shape index (κ3) is 2.78. The van der Waals surface area contributed by atoms with Crippen LogP contribution in [0.2, 0.25) is 0 Å². The van der Waals surface area contributed by atoms with Gasteiger partial charge in [-0.05, 0) is 6.92 Å². The van der Waals surface area contributed by atoms with Crippen LogP contribution >= 0.6 is 0 Å². The lowest BCUT2D eigenvalue weighted by molar-refractivity contribution is -0.120. The first kappa shape index (κ1) is 16.1. The molecular formula is C12H10F5NO2. The normalized spacial score (nSPS) is 12.2. The van der Waals surface area contributed by atoms with Crippen LogP contribution in [0.15, 0.2) is 0 Å². The summed E-state index contributed by atoms with van der Waals surface area (Å²) in [6.45, 7) is 2.72. The molecule has 1 rings (SSSR count). The standard InChI is InChI=1S/C12H10F5NO2/c1-3-5(19)4(2)18-12(20)6-7(13)9(15)11(17)10(16)8(6)14/h4H,3H2,1-2H3,(H,18,20). The second-order valence-corrected chi connectivity index (χ2v) is 3.96. The first-order chi connectivity index (χ1) is 9.22. The van der Waals surface area contributed by atoms with Crippen molar-refractivity contribution in [3.8, 4) is 0 Å². The van der Waals surface area contributed by atoms with E-state index in [1.165, 1.54) is 13.8 Å². The van der Waals surface area contributed by atoms with Gasteiger partial charge in [-0.1, -0.05) is 6.92 Å². The predicted molar refractivity (Wildman–Crippen MR) is 58.5 cm³/mol. The average Bonchev–Trinajstić information content (AvgIpc) is 2.42. The van der Waals surface area contributed by atoms with Gasteiger partial charge in [-0.3, -0.25) is 9.59 Å². The molecule has 0 bridgehead atoms. The second kappa shape index (κ2) is 5.98. The SMILES string of the molecule is CCC(=O)C(C)NC(=O)c1c(F)c(F)c(F)c(F)c1F. The van der Waals surface area contributed by atoms with Crippen molar-refractivity contribution in [2.75, 3.05) is 0 Å². The maximum atomic E-state index is 13.3. The minimum absolute atomic E-state index is 0.0402. The van der Waals surface area contributed by atoms with Crippen LogP contribution in [0.1, 0.15) is 30.6 Å². The van der Waals surface area contributed by atoms with Crippen molar-refractivity contribution in [1.82, 2.24) is 5.32 Å². The maximum Gasteiger partial charge on any atom is 0.258 e. The zero-order valence-electron chi connectivity index (χ0n) is 10.5. The van der Waals surface area contributed by atoms with Crippen molar-refractivity contribution in [3.63, 3.8) is 0 Å². The number of halogens is 5. The fourth-order valence-electron chi connectivity index (χ4n) is 1.46. The zero-order chi connectivity index (χ0) is 15.6. The molecule has 1 aromatic rings. The summed E-state index contributed by atoms with van der Waals surface area (Å²) >= 11 is 0. The fraction of sp³-hybridized carbons (Fsp3) is 0.333. The molecular weight excluding hydrogens is 285 g/mol. The van der Waals surface area contributed by atoms with Crippen molar-refractivity contribution >= 4 is 11.7 Å². The molecule has 1 unspecified atom stereocenters. The maximum absolute atomic E-state index is 13.3. The topological polar surface area (TPSA) is 46.2 Å². The summed E-state index contributed by atoms with van der Waals surface area (Å²) < 4.78 is 65.3. The Balaban J connectivity index is 3.21. The molecule has 1 amide bonds. The van der Waals surface area contributed by atoms with Crippen molar-refractivity contribution in [2.45, 2.75) is 26.3 Å². The van der Waals surface area contributed by atoms with Crippen molar-refractivity contribution in [1.29, 1.82) is 0 Å². The quantitative estimate of drug-likeness (QED) is 0.527. The number of carbonyl (C=O) groups excluding carboxylic acids is 2. The Labute approximate surface area is 110 Å². The zero-order valence-corrected chi connectivity index (χ0v) is 10.5. The molecule has 3 nitrogen and oxygen atoms in total. The molecule has 0 saturated carbocycles. The number of hydrogen-bond donors (Lipinski definition) is 1. The van der Waals surface area contributed by atoms with Gasteiger partial charge >= 0.3 is 0 Å². The van der Waals surface area contributed by atoms with Gasteiger partial charge in [-0.25, -0.2) is 22.0 Å². The van der Waals surface area contributed by atoms with Crippen LogP contribution < -0.4 is 5.32 Å². The Morgan fingerprint density at radius 2 is 1.35 bits per heavy atom. The van der Waals surface area contributed by atoms with Crippen LogP contribution in [0.25, 0.3) is 0 Å². The molecule has 0 aliphatic rings. The van der Waals surface area contributed by atoms with Crippen LogP contribution in [-0.4, -0.2) is 17.7 Å². The van der Waals surface area contributed by atoms with Gasteiger partial charge in [0.05, 0.1) is 6.04 Å². The molecule has 110 valence electrons. The molecule has 8 heteroatoms. The lowest BCUT2D eigenvalue weighted by Crippen LogP contribution is -2.39. The second-order valence-electron chi connectivity index (χ2n) is 3.96. The molecule has 0 aliphatic carbocycles. The van der Waals surface area contributed by atoms with E-state index < -0.39 is 52.4 Å². The average molecular weight is 295 g/mol. The number of amides is 1. The van der Waals surface area contributed by atoms with E-state index in [1.54, 1.807) is 0 Å². The Morgan fingerprint density at radius 1 is 0.950 bits per heavy atom. The fourth-order valence-corrected chi connectivity index (χ4v) is 1.46. The Kier molecular flexibility index (Phi) is 4.80. The highest BCUT2D eigenvalue weighted by Gasteiger charge is 2.30. The molecule has 1 N–H and O–H groups in total. The van der Waals surface area contributed by atoms with Crippen LogP contribution in [0, 0.1) is 29.1 Å². The summed E-state index contributed by atoms with van der Waals surface area (Å²) in [5, 5.41) is 1.88.